The molecule has 1 N–H and O–H groups in total. The van der Waals surface area contributed by atoms with Crippen LogP contribution in [-0.4, -0.2) is 48.5 Å². The zero-order chi connectivity index (χ0) is 22.1. The zero-order valence-electron chi connectivity index (χ0n) is 18.4. The number of carbonyl (C=O) groups is 2. The second-order valence-electron chi connectivity index (χ2n) is 9.08. The molecular formula is C25H29N3O4. The number of piperidine rings is 1. The van der Waals surface area contributed by atoms with Crippen molar-refractivity contribution in [1.29, 1.82) is 0 Å². The summed E-state index contributed by atoms with van der Waals surface area (Å²) in [5.74, 6) is 2.11. The second kappa shape index (κ2) is 8.45. The van der Waals surface area contributed by atoms with E-state index in [2.05, 4.69) is 10.3 Å². The largest absolute Gasteiger partial charge is 0.493 e. The summed E-state index contributed by atoms with van der Waals surface area (Å²) >= 11 is 0. The monoisotopic (exact) mass is 435 g/mol. The SMILES string of the molecule is COc1cc2c(cc1OCC1CC1)NC(=O)C21CCN(C(=O)CCc2cccnc2)CC1. The van der Waals surface area contributed by atoms with E-state index in [1.54, 1.807) is 19.5 Å². The number of aromatic nitrogens is 1. The third-order valence-electron chi connectivity index (χ3n) is 6.99. The third kappa shape index (κ3) is 3.92. The molecule has 3 aliphatic rings. The van der Waals surface area contributed by atoms with E-state index in [0.29, 0.717) is 62.8 Å². The van der Waals surface area contributed by atoms with E-state index in [9.17, 15) is 9.59 Å². The van der Waals surface area contributed by atoms with Crippen LogP contribution >= 0.6 is 0 Å². The van der Waals surface area contributed by atoms with Gasteiger partial charge in [-0.1, -0.05) is 6.07 Å². The number of aryl methyl sites for hydroxylation is 1. The highest BCUT2D eigenvalue weighted by molar-refractivity contribution is 6.07. The highest BCUT2D eigenvalue weighted by atomic mass is 16.5. The number of pyridine rings is 1. The molecule has 1 aromatic carbocycles. The van der Waals surface area contributed by atoms with Gasteiger partial charge in [-0.15, -0.1) is 0 Å². The number of nitrogens with zero attached hydrogens (tertiary/aromatic N) is 2. The fourth-order valence-corrected chi connectivity index (χ4v) is 4.78. The first kappa shape index (κ1) is 20.8. The fraction of sp³-hybridized carbons (Fsp3) is 0.480. The number of ether oxygens (including phenoxy) is 2. The molecule has 5 rings (SSSR count). The molecule has 32 heavy (non-hydrogen) atoms. The first-order valence-electron chi connectivity index (χ1n) is 11.4. The Hall–Kier alpha value is -3.09. The average molecular weight is 436 g/mol. The third-order valence-corrected chi connectivity index (χ3v) is 6.99. The average Bonchev–Trinajstić information content (AvgIpc) is 3.62. The van der Waals surface area contributed by atoms with Crippen molar-refractivity contribution < 1.29 is 19.1 Å². The van der Waals surface area contributed by atoms with Crippen LogP contribution in [0.3, 0.4) is 0 Å². The molecule has 7 heteroatoms. The molecule has 7 nitrogen and oxygen atoms in total. The summed E-state index contributed by atoms with van der Waals surface area (Å²) in [6, 6.07) is 7.72. The lowest BCUT2D eigenvalue weighted by atomic mass is 9.73. The van der Waals surface area contributed by atoms with Gasteiger partial charge in [0.15, 0.2) is 11.5 Å². The van der Waals surface area contributed by atoms with Crippen molar-refractivity contribution in [3.63, 3.8) is 0 Å². The van der Waals surface area contributed by atoms with E-state index in [0.717, 1.165) is 16.8 Å². The van der Waals surface area contributed by atoms with Gasteiger partial charge in [0.25, 0.3) is 0 Å². The Labute approximate surface area is 188 Å². The van der Waals surface area contributed by atoms with E-state index < -0.39 is 5.41 Å². The molecule has 0 atom stereocenters. The normalized spacial score (nSPS) is 18.9. The molecule has 1 saturated heterocycles. The smallest absolute Gasteiger partial charge is 0.235 e. The molecule has 0 bridgehead atoms. The Morgan fingerprint density at radius 3 is 2.75 bits per heavy atom. The maximum absolute atomic E-state index is 13.1. The second-order valence-corrected chi connectivity index (χ2v) is 9.08. The van der Waals surface area contributed by atoms with Crippen LogP contribution in [0.5, 0.6) is 11.5 Å². The van der Waals surface area contributed by atoms with Gasteiger partial charge >= 0.3 is 0 Å². The van der Waals surface area contributed by atoms with Crippen molar-refractivity contribution in [2.45, 2.75) is 43.9 Å². The van der Waals surface area contributed by atoms with Gasteiger partial charge in [0.2, 0.25) is 11.8 Å². The summed E-state index contributed by atoms with van der Waals surface area (Å²) in [5.41, 5.74) is 2.21. The number of hydrogen-bond acceptors (Lipinski definition) is 5. The van der Waals surface area contributed by atoms with E-state index >= 15 is 0 Å². The minimum absolute atomic E-state index is 0.0105. The fourth-order valence-electron chi connectivity index (χ4n) is 4.78. The number of amides is 2. The van der Waals surface area contributed by atoms with Crippen LogP contribution < -0.4 is 14.8 Å². The molecule has 0 radical (unpaired) electrons. The predicted octanol–water partition coefficient (Wildman–Crippen LogP) is 3.32. The van der Waals surface area contributed by atoms with Crippen LogP contribution in [0.1, 0.15) is 43.2 Å². The van der Waals surface area contributed by atoms with E-state index in [-0.39, 0.29) is 11.8 Å². The lowest BCUT2D eigenvalue weighted by molar-refractivity contribution is -0.135. The Morgan fingerprint density at radius 2 is 2.06 bits per heavy atom. The molecular weight excluding hydrogens is 406 g/mol. The number of methoxy groups -OCH3 is 1. The number of rotatable bonds is 7. The van der Waals surface area contributed by atoms with Crippen molar-refractivity contribution in [3.05, 3.63) is 47.8 Å². The Kier molecular flexibility index (Phi) is 5.49. The highest BCUT2D eigenvalue weighted by Crippen LogP contribution is 2.49. The molecule has 0 unspecified atom stereocenters. The molecule has 2 aromatic rings. The van der Waals surface area contributed by atoms with Crippen molar-refractivity contribution in [1.82, 2.24) is 9.88 Å². The van der Waals surface area contributed by atoms with Gasteiger partial charge < -0.3 is 19.7 Å². The summed E-state index contributed by atoms with van der Waals surface area (Å²) in [5, 5.41) is 3.06. The van der Waals surface area contributed by atoms with Gasteiger partial charge in [-0.05, 0) is 61.3 Å². The van der Waals surface area contributed by atoms with Crippen LogP contribution in [0.25, 0.3) is 0 Å². The molecule has 1 aliphatic carbocycles. The lowest BCUT2D eigenvalue weighted by Crippen LogP contribution is -2.48. The minimum atomic E-state index is -0.613. The van der Waals surface area contributed by atoms with Gasteiger partial charge in [0, 0.05) is 43.7 Å². The number of fused-ring (bicyclic) bond motifs is 2. The summed E-state index contributed by atoms with van der Waals surface area (Å²) < 4.78 is 11.6. The van der Waals surface area contributed by atoms with E-state index in [4.69, 9.17) is 9.47 Å². The minimum Gasteiger partial charge on any atom is -0.493 e. The number of anilines is 1. The van der Waals surface area contributed by atoms with Crippen LogP contribution in [-0.2, 0) is 21.4 Å². The van der Waals surface area contributed by atoms with Crippen molar-refractivity contribution in [2.75, 3.05) is 32.1 Å². The number of hydrogen-bond donors (Lipinski definition) is 1. The van der Waals surface area contributed by atoms with Gasteiger partial charge in [-0.2, -0.15) is 0 Å². The number of carbonyl (C=O) groups excluding carboxylic acids is 2. The Balaban J connectivity index is 1.27. The predicted molar refractivity (Wildman–Crippen MR) is 120 cm³/mol. The lowest BCUT2D eigenvalue weighted by Gasteiger charge is -2.38. The summed E-state index contributed by atoms with van der Waals surface area (Å²) in [6.45, 7) is 1.83. The molecule has 2 amide bonds. The van der Waals surface area contributed by atoms with Crippen molar-refractivity contribution in [2.24, 2.45) is 5.92 Å². The van der Waals surface area contributed by atoms with Gasteiger partial charge in [-0.3, -0.25) is 14.6 Å². The van der Waals surface area contributed by atoms with Crippen molar-refractivity contribution in [3.8, 4) is 11.5 Å². The number of nitrogens with one attached hydrogen (secondary N) is 1. The van der Waals surface area contributed by atoms with Crippen molar-refractivity contribution >= 4 is 17.5 Å². The molecule has 168 valence electrons. The molecule has 3 heterocycles. The van der Waals surface area contributed by atoms with E-state index in [1.807, 2.05) is 29.2 Å². The molecule has 1 spiro atoms. The van der Waals surface area contributed by atoms with Crippen LogP contribution in [0.4, 0.5) is 5.69 Å². The molecule has 1 saturated carbocycles. The standard InChI is InChI=1S/C25H29N3O4/c1-31-21-13-19-20(14-22(21)32-16-18-4-5-18)27-24(30)25(19)8-11-28(12-9-25)23(29)7-6-17-3-2-10-26-15-17/h2-3,10,13-15,18H,4-9,11-12,16H2,1H3,(H,27,30). The van der Waals surface area contributed by atoms with Crippen LogP contribution in [0.15, 0.2) is 36.7 Å². The van der Waals surface area contributed by atoms with E-state index in [1.165, 1.54) is 12.8 Å². The Morgan fingerprint density at radius 1 is 1.25 bits per heavy atom. The number of benzene rings is 1. The van der Waals surface area contributed by atoms with Gasteiger partial charge in [-0.25, -0.2) is 0 Å². The van der Waals surface area contributed by atoms with Crippen LogP contribution in [0.2, 0.25) is 0 Å². The first-order valence-corrected chi connectivity index (χ1v) is 11.4. The van der Waals surface area contributed by atoms with Gasteiger partial charge in [0.05, 0.1) is 19.1 Å². The van der Waals surface area contributed by atoms with Crippen LogP contribution in [0, 0.1) is 5.92 Å². The topological polar surface area (TPSA) is 80.8 Å². The van der Waals surface area contributed by atoms with Gasteiger partial charge in [0.1, 0.15) is 0 Å². The summed E-state index contributed by atoms with van der Waals surface area (Å²) in [7, 11) is 1.63. The first-order chi connectivity index (χ1) is 15.6. The maximum atomic E-state index is 13.1. The Bertz CT molecular complexity index is 1010. The summed E-state index contributed by atoms with van der Waals surface area (Å²) in [4.78, 5) is 31.8. The molecule has 1 aromatic heterocycles. The molecule has 2 aliphatic heterocycles. The maximum Gasteiger partial charge on any atom is 0.235 e. The summed E-state index contributed by atoms with van der Waals surface area (Å²) in [6.07, 6.45) is 8.31. The quantitative estimate of drug-likeness (QED) is 0.722. The highest BCUT2D eigenvalue weighted by Gasteiger charge is 2.49. The number of likely N-dealkylation sites (tertiary alicyclic amines) is 1. The molecule has 2 fully saturated rings. The zero-order valence-corrected chi connectivity index (χ0v) is 18.4.